The molecule has 0 aromatic heterocycles. The van der Waals surface area contributed by atoms with Gasteiger partial charge in [0, 0.05) is 18.6 Å². The second kappa shape index (κ2) is 8.51. The van der Waals surface area contributed by atoms with E-state index in [1.54, 1.807) is 6.07 Å². The first-order valence-electron chi connectivity index (χ1n) is 7.18. The Labute approximate surface area is 163 Å². The third kappa shape index (κ3) is 4.85. The Bertz CT molecular complexity index is 896. The van der Waals surface area contributed by atoms with Crippen LogP contribution in [-0.2, 0) is 16.6 Å². The number of hydrogen-bond acceptors (Lipinski definition) is 4. The lowest BCUT2D eigenvalue weighted by Gasteiger charge is -2.20. The molecule has 0 aliphatic heterocycles. The summed E-state index contributed by atoms with van der Waals surface area (Å²) in [5.74, 6) is 0.0717. The van der Waals surface area contributed by atoms with Crippen LogP contribution in [0, 0.1) is 0 Å². The van der Waals surface area contributed by atoms with Gasteiger partial charge in [0.25, 0.3) is 0 Å². The van der Waals surface area contributed by atoms with Crippen LogP contribution in [0.2, 0.25) is 5.02 Å². The van der Waals surface area contributed by atoms with Gasteiger partial charge in [0.05, 0.1) is 11.6 Å². The van der Waals surface area contributed by atoms with Crippen LogP contribution >= 0.6 is 27.5 Å². The van der Waals surface area contributed by atoms with Crippen molar-refractivity contribution in [1.82, 2.24) is 4.31 Å². The molecule has 0 atom stereocenters. The Kier molecular flexibility index (Phi) is 6.84. The number of alkyl halides is 2. The van der Waals surface area contributed by atoms with Crippen LogP contribution in [-0.4, -0.2) is 33.5 Å². The summed E-state index contributed by atoms with van der Waals surface area (Å²) in [5, 5.41) is 0.219. The van der Waals surface area contributed by atoms with Gasteiger partial charge in [-0.25, -0.2) is 8.42 Å². The summed E-state index contributed by atoms with van der Waals surface area (Å²) in [6, 6.07) is 8.63. The summed E-state index contributed by atoms with van der Waals surface area (Å²) in [4.78, 5) is -0.109. The van der Waals surface area contributed by atoms with E-state index in [9.17, 15) is 17.2 Å². The van der Waals surface area contributed by atoms with Gasteiger partial charge in [-0.3, -0.25) is 0 Å². The van der Waals surface area contributed by atoms with Crippen LogP contribution in [0.15, 0.2) is 45.8 Å². The Morgan fingerprint density at radius 1 is 1.27 bits per heavy atom. The molecule has 0 radical (unpaired) electrons. The number of nitrogens with zero attached hydrogens (tertiary/aromatic N) is 1. The number of halogens is 4. The van der Waals surface area contributed by atoms with E-state index in [1.807, 2.05) is 0 Å². The quantitative estimate of drug-likeness (QED) is 0.596. The number of ether oxygens (including phenoxy) is 2. The monoisotopic (exact) mass is 469 g/mol. The molecule has 2 rings (SSSR count). The van der Waals surface area contributed by atoms with Crippen LogP contribution in [0.3, 0.4) is 0 Å². The SMILES string of the molecule is COc1c(Br)cc(Cl)cc1S(=O)(=O)N(C)Cc1cccc(OC(F)F)c1. The molecule has 0 spiro atoms. The molecule has 10 heteroatoms. The zero-order valence-electron chi connectivity index (χ0n) is 13.7. The molecule has 0 saturated heterocycles. The maximum absolute atomic E-state index is 12.9. The number of sulfonamides is 1. The zero-order chi connectivity index (χ0) is 19.5. The van der Waals surface area contributed by atoms with Gasteiger partial charge in [-0.15, -0.1) is 0 Å². The number of hydrogen-bond donors (Lipinski definition) is 0. The molecular weight excluding hydrogens is 456 g/mol. The highest BCUT2D eigenvalue weighted by atomic mass is 79.9. The molecular formula is C16H15BrClF2NO4S. The molecule has 0 bridgehead atoms. The first kappa shape index (κ1) is 20.9. The highest BCUT2D eigenvalue weighted by molar-refractivity contribution is 9.10. The Morgan fingerprint density at radius 3 is 2.58 bits per heavy atom. The Morgan fingerprint density at radius 2 is 1.96 bits per heavy atom. The number of benzene rings is 2. The molecule has 2 aromatic carbocycles. The third-order valence-corrected chi connectivity index (χ3v) is 6.01. The molecule has 0 N–H and O–H groups in total. The van der Waals surface area contributed by atoms with Crippen LogP contribution in [0.25, 0.3) is 0 Å². The average Bonchev–Trinajstić information content (AvgIpc) is 2.53. The summed E-state index contributed by atoms with van der Waals surface area (Å²) >= 11 is 9.18. The molecule has 2 aromatic rings. The van der Waals surface area contributed by atoms with Gasteiger partial charge < -0.3 is 9.47 Å². The van der Waals surface area contributed by atoms with E-state index in [4.69, 9.17) is 16.3 Å². The molecule has 0 amide bonds. The molecule has 142 valence electrons. The van der Waals surface area contributed by atoms with Crippen molar-refractivity contribution < 1.29 is 26.7 Å². The highest BCUT2D eigenvalue weighted by Gasteiger charge is 2.27. The largest absolute Gasteiger partial charge is 0.494 e. The van der Waals surface area contributed by atoms with E-state index in [1.165, 1.54) is 44.5 Å². The molecule has 5 nitrogen and oxygen atoms in total. The number of rotatable bonds is 7. The van der Waals surface area contributed by atoms with Crippen molar-refractivity contribution in [3.05, 3.63) is 51.5 Å². The lowest BCUT2D eigenvalue weighted by atomic mass is 10.2. The summed E-state index contributed by atoms with van der Waals surface area (Å²) in [5.41, 5.74) is 0.481. The van der Waals surface area contributed by atoms with Crippen molar-refractivity contribution in [3.8, 4) is 11.5 Å². The first-order chi connectivity index (χ1) is 12.1. The minimum Gasteiger partial charge on any atom is -0.494 e. The molecule has 0 aliphatic rings. The van der Waals surface area contributed by atoms with Crippen LogP contribution < -0.4 is 9.47 Å². The fourth-order valence-corrected chi connectivity index (χ4v) is 4.78. The lowest BCUT2D eigenvalue weighted by Crippen LogP contribution is -2.27. The van der Waals surface area contributed by atoms with Gasteiger partial charge in [-0.1, -0.05) is 23.7 Å². The fourth-order valence-electron chi connectivity index (χ4n) is 2.26. The average molecular weight is 471 g/mol. The van der Waals surface area contributed by atoms with Crippen LogP contribution in [0.5, 0.6) is 11.5 Å². The van der Waals surface area contributed by atoms with E-state index in [0.717, 1.165) is 4.31 Å². The molecule has 0 fully saturated rings. The lowest BCUT2D eigenvalue weighted by molar-refractivity contribution is -0.0498. The van der Waals surface area contributed by atoms with Gasteiger partial charge in [-0.2, -0.15) is 13.1 Å². The van der Waals surface area contributed by atoms with Crippen molar-refractivity contribution >= 4 is 37.6 Å². The predicted octanol–water partition coefficient (Wildman–Crippen LogP) is 4.53. The minimum absolute atomic E-state index is 0.0496. The molecule has 0 saturated carbocycles. The van der Waals surface area contributed by atoms with Crippen molar-refractivity contribution in [2.75, 3.05) is 14.2 Å². The summed E-state index contributed by atoms with van der Waals surface area (Å²) in [6.07, 6.45) is 0. The summed E-state index contributed by atoms with van der Waals surface area (Å²) in [7, 11) is -1.25. The van der Waals surface area contributed by atoms with Crippen LogP contribution in [0.4, 0.5) is 8.78 Å². The third-order valence-electron chi connectivity index (χ3n) is 3.40. The predicted molar refractivity (Wildman–Crippen MR) is 97.4 cm³/mol. The fraction of sp³-hybridized carbons (Fsp3) is 0.250. The summed E-state index contributed by atoms with van der Waals surface area (Å²) in [6.45, 7) is -3.02. The molecule has 26 heavy (non-hydrogen) atoms. The first-order valence-corrected chi connectivity index (χ1v) is 9.79. The van der Waals surface area contributed by atoms with Gasteiger partial charge in [0.1, 0.15) is 10.6 Å². The highest BCUT2D eigenvalue weighted by Crippen LogP contribution is 2.36. The second-order valence-electron chi connectivity index (χ2n) is 5.21. The standard InChI is InChI=1S/C16H15BrClF2NO4S/c1-21(9-10-4-3-5-12(6-10)25-16(19)20)26(22,23)14-8-11(18)7-13(17)15(14)24-2/h3-8,16H,9H2,1-2H3. The smallest absolute Gasteiger partial charge is 0.387 e. The van der Waals surface area contributed by atoms with E-state index >= 15 is 0 Å². The summed E-state index contributed by atoms with van der Waals surface area (Å²) < 4.78 is 61.4. The zero-order valence-corrected chi connectivity index (χ0v) is 16.9. The van der Waals surface area contributed by atoms with Crippen molar-refractivity contribution in [1.29, 1.82) is 0 Å². The second-order valence-corrected chi connectivity index (χ2v) is 8.51. The van der Waals surface area contributed by atoms with Gasteiger partial charge >= 0.3 is 6.61 Å². The van der Waals surface area contributed by atoms with E-state index < -0.39 is 16.6 Å². The number of methoxy groups -OCH3 is 1. The van der Waals surface area contributed by atoms with E-state index in [0.29, 0.717) is 10.0 Å². The normalized spacial score (nSPS) is 11.8. The molecule has 0 unspecified atom stereocenters. The topological polar surface area (TPSA) is 55.8 Å². The van der Waals surface area contributed by atoms with E-state index in [-0.39, 0.29) is 28.0 Å². The van der Waals surface area contributed by atoms with E-state index in [2.05, 4.69) is 20.7 Å². The van der Waals surface area contributed by atoms with Crippen molar-refractivity contribution in [3.63, 3.8) is 0 Å². The van der Waals surface area contributed by atoms with Gasteiger partial charge in [0.15, 0.2) is 5.75 Å². The van der Waals surface area contributed by atoms with Gasteiger partial charge in [0.2, 0.25) is 10.0 Å². The van der Waals surface area contributed by atoms with Crippen LogP contribution in [0.1, 0.15) is 5.56 Å². The Balaban J connectivity index is 2.33. The van der Waals surface area contributed by atoms with Gasteiger partial charge in [-0.05, 0) is 45.8 Å². The van der Waals surface area contributed by atoms with Crippen molar-refractivity contribution in [2.45, 2.75) is 18.1 Å². The molecule has 0 heterocycles. The minimum atomic E-state index is -3.96. The Hall–Kier alpha value is -1.42. The van der Waals surface area contributed by atoms with Crippen molar-refractivity contribution in [2.24, 2.45) is 0 Å². The molecule has 0 aliphatic carbocycles. The maximum atomic E-state index is 12.9. The maximum Gasteiger partial charge on any atom is 0.387 e.